The number of nitrogen functional groups attached to an aromatic ring is 1. The molecule has 0 aliphatic rings. The van der Waals surface area contributed by atoms with Crippen LogP contribution in [0.3, 0.4) is 0 Å². The Bertz CT molecular complexity index is 558. The van der Waals surface area contributed by atoms with Gasteiger partial charge in [-0.1, -0.05) is 0 Å². The summed E-state index contributed by atoms with van der Waals surface area (Å²) in [5.74, 6) is 0.430. The van der Waals surface area contributed by atoms with Gasteiger partial charge in [0.1, 0.15) is 5.76 Å². The van der Waals surface area contributed by atoms with Gasteiger partial charge in [0.05, 0.1) is 11.8 Å². The molecule has 0 aliphatic heterocycles. The number of nitrogens with one attached hydrogen (secondary N) is 1. The van der Waals surface area contributed by atoms with E-state index in [1.807, 2.05) is 13.0 Å². The smallest absolute Gasteiger partial charge is 0.259 e. The molecule has 4 nitrogen and oxygen atoms in total. The molecule has 0 saturated carbocycles. The molecule has 0 atom stereocenters. The minimum absolute atomic E-state index is 0.177. The number of hydrogen-bond donors (Lipinski definition) is 2. The van der Waals surface area contributed by atoms with Crippen LogP contribution in [-0.4, -0.2) is 5.91 Å². The van der Waals surface area contributed by atoms with E-state index in [0.29, 0.717) is 17.0 Å². The predicted octanol–water partition coefficient (Wildman–Crippen LogP) is 2.73. The van der Waals surface area contributed by atoms with Crippen molar-refractivity contribution in [2.24, 2.45) is 0 Å². The highest BCUT2D eigenvalue weighted by atomic mass is 16.3. The van der Waals surface area contributed by atoms with Crippen molar-refractivity contribution in [3.63, 3.8) is 0 Å². The Morgan fingerprint density at radius 2 is 2.06 bits per heavy atom. The number of aryl methyl sites for hydroxylation is 2. The van der Waals surface area contributed by atoms with E-state index in [-0.39, 0.29) is 5.91 Å². The van der Waals surface area contributed by atoms with Crippen LogP contribution in [0.2, 0.25) is 0 Å². The molecule has 1 aromatic heterocycles. The molecule has 0 unspecified atom stereocenters. The first-order valence-electron chi connectivity index (χ1n) is 5.29. The lowest BCUT2D eigenvalue weighted by Gasteiger charge is -2.08. The molecule has 0 radical (unpaired) electrons. The van der Waals surface area contributed by atoms with E-state index in [0.717, 1.165) is 11.3 Å². The first-order chi connectivity index (χ1) is 8.08. The van der Waals surface area contributed by atoms with Crippen LogP contribution in [0.15, 0.2) is 34.9 Å². The molecule has 0 saturated heterocycles. The lowest BCUT2D eigenvalue weighted by molar-refractivity contribution is 0.102. The van der Waals surface area contributed by atoms with Gasteiger partial charge >= 0.3 is 0 Å². The Hall–Kier alpha value is -2.23. The van der Waals surface area contributed by atoms with Crippen LogP contribution in [0.25, 0.3) is 0 Å². The lowest BCUT2D eigenvalue weighted by Crippen LogP contribution is -2.13. The van der Waals surface area contributed by atoms with E-state index in [9.17, 15) is 4.79 Å². The van der Waals surface area contributed by atoms with Crippen molar-refractivity contribution >= 4 is 17.3 Å². The maximum atomic E-state index is 11.9. The van der Waals surface area contributed by atoms with E-state index in [4.69, 9.17) is 10.2 Å². The van der Waals surface area contributed by atoms with E-state index in [1.54, 1.807) is 25.1 Å². The average molecular weight is 230 g/mol. The first-order valence-corrected chi connectivity index (χ1v) is 5.29. The second-order valence-electron chi connectivity index (χ2n) is 3.92. The first kappa shape index (κ1) is 11.3. The highest BCUT2D eigenvalue weighted by molar-refractivity contribution is 6.05. The van der Waals surface area contributed by atoms with Gasteiger partial charge in [-0.3, -0.25) is 4.79 Å². The number of anilines is 2. The van der Waals surface area contributed by atoms with Crippen LogP contribution in [-0.2, 0) is 0 Å². The molecule has 2 aromatic rings. The molecule has 17 heavy (non-hydrogen) atoms. The zero-order valence-corrected chi connectivity index (χ0v) is 9.78. The molecule has 0 spiro atoms. The maximum absolute atomic E-state index is 11.9. The fraction of sp³-hybridized carbons (Fsp3) is 0.154. The van der Waals surface area contributed by atoms with Gasteiger partial charge in [-0.15, -0.1) is 0 Å². The zero-order valence-electron chi connectivity index (χ0n) is 9.78. The van der Waals surface area contributed by atoms with E-state index < -0.39 is 0 Å². The lowest BCUT2D eigenvalue weighted by atomic mass is 10.1. The fourth-order valence-electron chi connectivity index (χ4n) is 1.64. The van der Waals surface area contributed by atoms with Gasteiger partial charge in [-0.05, 0) is 43.7 Å². The number of rotatable bonds is 2. The van der Waals surface area contributed by atoms with Crippen LogP contribution in [0.5, 0.6) is 0 Å². The highest BCUT2D eigenvalue weighted by Crippen LogP contribution is 2.19. The fourth-order valence-corrected chi connectivity index (χ4v) is 1.64. The van der Waals surface area contributed by atoms with Gasteiger partial charge in [-0.25, -0.2) is 0 Å². The number of nitrogens with two attached hydrogens (primary N) is 1. The van der Waals surface area contributed by atoms with Gasteiger partial charge in [0.25, 0.3) is 5.91 Å². The summed E-state index contributed by atoms with van der Waals surface area (Å²) in [5.41, 5.74) is 8.56. The summed E-state index contributed by atoms with van der Waals surface area (Å²) in [5, 5.41) is 2.83. The summed E-state index contributed by atoms with van der Waals surface area (Å²) >= 11 is 0. The SMILES string of the molecule is Cc1cc(N)ccc1NC(=O)c1ccoc1C. The molecule has 0 aliphatic carbocycles. The van der Waals surface area contributed by atoms with Crippen molar-refractivity contribution in [1.29, 1.82) is 0 Å². The quantitative estimate of drug-likeness (QED) is 0.779. The van der Waals surface area contributed by atoms with E-state index >= 15 is 0 Å². The summed E-state index contributed by atoms with van der Waals surface area (Å²) < 4.78 is 5.09. The Labute approximate surface area is 99.4 Å². The Balaban J connectivity index is 2.22. The number of carbonyl (C=O) groups excluding carboxylic acids is 1. The topological polar surface area (TPSA) is 68.3 Å². The number of furan rings is 1. The van der Waals surface area contributed by atoms with Crippen molar-refractivity contribution in [1.82, 2.24) is 0 Å². The van der Waals surface area contributed by atoms with Gasteiger partial charge in [0, 0.05) is 11.4 Å². The van der Waals surface area contributed by atoms with Crippen molar-refractivity contribution in [3.05, 3.63) is 47.4 Å². The van der Waals surface area contributed by atoms with Crippen molar-refractivity contribution in [2.45, 2.75) is 13.8 Å². The number of amides is 1. The Morgan fingerprint density at radius 1 is 1.29 bits per heavy atom. The van der Waals surface area contributed by atoms with Gasteiger partial charge in [-0.2, -0.15) is 0 Å². The van der Waals surface area contributed by atoms with Crippen LogP contribution < -0.4 is 11.1 Å². The molecule has 1 amide bonds. The number of carbonyl (C=O) groups is 1. The standard InChI is InChI=1S/C13H14N2O2/c1-8-7-10(14)3-4-12(8)15-13(16)11-5-6-17-9(11)2/h3-7H,14H2,1-2H3,(H,15,16). The van der Waals surface area contributed by atoms with Gasteiger partial charge in [0.15, 0.2) is 0 Å². The van der Waals surface area contributed by atoms with Gasteiger partial charge in [0.2, 0.25) is 0 Å². The molecule has 4 heteroatoms. The summed E-state index contributed by atoms with van der Waals surface area (Å²) in [7, 11) is 0. The maximum Gasteiger partial charge on any atom is 0.259 e. The van der Waals surface area contributed by atoms with Crippen LogP contribution in [0.1, 0.15) is 21.7 Å². The minimum atomic E-state index is -0.177. The highest BCUT2D eigenvalue weighted by Gasteiger charge is 2.12. The monoisotopic (exact) mass is 230 g/mol. The Kier molecular flexibility index (Phi) is 2.87. The summed E-state index contributed by atoms with van der Waals surface area (Å²) in [6, 6.07) is 7.01. The largest absolute Gasteiger partial charge is 0.469 e. The second kappa shape index (κ2) is 4.33. The molecule has 3 N–H and O–H groups in total. The zero-order chi connectivity index (χ0) is 12.4. The molecular formula is C13H14N2O2. The van der Waals surface area contributed by atoms with E-state index in [1.165, 1.54) is 6.26 Å². The van der Waals surface area contributed by atoms with Crippen molar-refractivity contribution in [3.8, 4) is 0 Å². The average Bonchev–Trinajstić information content (AvgIpc) is 2.68. The predicted molar refractivity (Wildman–Crippen MR) is 67.0 cm³/mol. The minimum Gasteiger partial charge on any atom is -0.469 e. The molecule has 1 aromatic carbocycles. The third kappa shape index (κ3) is 2.30. The molecular weight excluding hydrogens is 216 g/mol. The molecule has 88 valence electrons. The number of benzene rings is 1. The molecule has 0 bridgehead atoms. The van der Waals surface area contributed by atoms with Crippen molar-refractivity contribution < 1.29 is 9.21 Å². The van der Waals surface area contributed by atoms with E-state index in [2.05, 4.69) is 5.32 Å². The summed E-state index contributed by atoms with van der Waals surface area (Å²) in [4.78, 5) is 11.9. The van der Waals surface area contributed by atoms with Crippen LogP contribution in [0.4, 0.5) is 11.4 Å². The van der Waals surface area contributed by atoms with Crippen LogP contribution >= 0.6 is 0 Å². The number of hydrogen-bond acceptors (Lipinski definition) is 3. The summed E-state index contributed by atoms with van der Waals surface area (Å²) in [6.45, 7) is 3.65. The van der Waals surface area contributed by atoms with Crippen LogP contribution in [0, 0.1) is 13.8 Å². The van der Waals surface area contributed by atoms with Crippen molar-refractivity contribution in [2.75, 3.05) is 11.1 Å². The molecule has 2 rings (SSSR count). The summed E-state index contributed by atoms with van der Waals surface area (Å²) in [6.07, 6.45) is 1.50. The third-order valence-electron chi connectivity index (χ3n) is 2.60. The third-order valence-corrected chi connectivity index (χ3v) is 2.60. The normalized spacial score (nSPS) is 10.2. The second-order valence-corrected chi connectivity index (χ2v) is 3.92. The molecule has 1 heterocycles. The Morgan fingerprint density at radius 3 is 2.65 bits per heavy atom. The van der Waals surface area contributed by atoms with Gasteiger partial charge < -0.3 is 15.5 Å². The molecule has 0 fully saturated rings.